The average molecular weight is 522 g/mol. The maximum atomic E-state index is 13.8. The molecule has 10 nitrogen and oxygen atoms in total. The van der Waals surface area contributed by atoms with E-state index in [2.05, 4.69) is 10.6 Å². The molecular formula is C27H43N3O7. The third kappa shape index (κ3) is 10.0. The molecule has 0 saturated heterocycles. The summed E-state index contributed by atoms with van der Waals surface area (Å²) in [5.41, 5.74) is 0.638. The number of ether oxygens (including phenoxy) is 2. The van der Waals surface area contributed by atoms with Gasteiger partial charge in [-0.15, -0.1) is 0 Å². The normalized spacial score (nSPS) is 13.2. The molecule has 3 amide bonds. The minimum Gasteiger partial charge on any atom is -0.466 e. The fourth-order valence-electron chi connectivity index (χ4n) is 3.80. The molecule has 0 spiro atoms. The lowest BCUT2D eigenvalue weighted by Crippen LogP contribution is -2.59. The number of nitrogens with zero attached hydrogens (tertiary/aromatic N) is 1. The van der Waals surface area contributed by atoms with Crippen LogP contribution < -0.4 is 10.6 Å². The van der Waals surface area contributed by atoms with Crippen molar-refractivity contribution in [3.8, 4) is 0 Å². The predicted molar refractivity (Wildman–Crippen MR) is 140 cm³/mol. The van der Waals surface area contributed by atoms with Crippen molar-refractivity contribution < 1.29 is 33.8 Å². The van der Waals surface area contributed by atoms with Gasteiger partial charge < -0.3 is 30.1 Å². The third-order valence-electron chi connectivity index (χ3n) is 5.29. The lowest BCUT2D eigenvalue weighted by Gasteiger charge is -2.43. The lowest BCUT2D eigenvalue weighted by atomic mass is 9.92. The Morgan fingerprint density at radius 3 is 2.16 bits per heavy atom. The van der Waals surface area contributed by atoms with Crippen molar-refractivity contribution in [2.45, 2.75) is 92.0 Å². The molecule has 37 heavy (non-hydrogen) atoms. The van der Waals surface area contributed by atoms with Crippen LogP contribution in [0, 0.1) is 13.8 Å². The molecule has 2 atom stereocenters. The van der Waals surface area contributed by atoms with Gasteiger partial charge in [0.25, 0.3) is 0 Å². The zero-order valence-electron chi connectivity index (χ0n) is 23.6. The van der Waals surface area contributed by atoms with Gasteiger partial charge in [-0.1, -0.05) is 23.8 Å². The van der Waals surface area contributed by atoms with Gasteiger partial charge in [0, 0.05) is 12.1 Å². The molecule has 0 bridgehead atoms. The Kier molecular flexibility index (Phi) is 11.6. The Labute approximate surface area is 220 Å². The minimum absolute atomic E-state index is 0.0187. The van der Waals surface area contributed by atoms with Crippen LogP contribution in [0.5, 0.6) is 0 Å². The summed E-state index contributed by atoms with van der Waals surface area (Å²) in [7, 11) is 0. The minimum atomic E-state index is -1.35. The molecule has 1 aromatic rings. The molecule has 1 rings (SSSR count). The third-order valence-corrected chi connectivity index (χ3v) is 5.29. The van der Waals surface area contributed by atoms with Crippen LogP contribution in [0.25, 0.3) is 0 Å². The van der Waals surface area contributed by atoms with E-state index in [1.54, 1.807) is 54.5 Å². The molecule has 2 unspecified atom stereocenters. The molecule has 0 fully saturated rings. The number of nitrogens with one attached hydrogen (secondary N) is 2. The molecule has 1 aromatic carbocycles. The number of carbonyl (C=O) groups excluding carboxylic acids is 4. The van der Waals surface area contributed by atoms with Crippen molar-refractivity contribution in [1.82, 2.24) is 15.5 Å². The van der Waals surface area contributed by atoms with E-state index >= 15 is 0 Å². The number of amides is 3. The molecule has 0 aliphatic heterocycles. The Morgan fingerprint density at radius 1 is 1.05 bits per heavy atom. The summed E-state index contributed by atoms with van der Waals surface area (Å²) in [5.74, 6) is -1.61. The summed E-state index contributed by atoms with van der Waals surface area (Å²) in [5, 5.41) is 15.2. The molecule has 0 aliphatic rings. The van der Waals surface area contributed by atoms with Gasteiger partial charge in [-0.3, -0.25) is 14.4 Å². The second-order valence-electron chi connectivity index (χ2n) is 10.9. The quantitative estimate of drug-likeness (QED) is 0.403. The number of aliphatic hydroxyl groups is 1. The van der Waals surface area contributed by atoms with E-state index < -0.39 is 53.7 Å². The number of alkyl carbamates (subject to hydrolysis) is 1. The van der Waals surface area contributed by atoms with Crippen LogP contribution in [0.4, 0.5) is 4.79 Å². The van der Waals surface area contributed by atoms with Crippen LogP contribution in [0.15, 0.2) is 18.2 Å². The number of esters is 1. The highest BCUT2D eigenvalue weighted by Gasteiger charge is 2.42. The van der Waals surface area contributed by atoms with Gasteiger partial charge in [0.2, 0.25) is 11.8 Å². The van der Waals surface area contributed by atoms with Crippen molar-refractivity contribution in [1.29, 1.82) is 0 Å². The van der Waals surface area contributed by atoms with E-state index in [0.717, 1.165) is 11.1 Å². The van der Waals surface area contributed by atoms with Crippen LogP contribution in [0.2, 0.25) is 0 Å². The first-order valence-electron chi connectivity index (χ1n) is 12.5. The summed E-state index contributed by atoms with van der Waals surface area (Å²) in [4.78, 5) is 52.9. The molecule has 0 radical (unpaired) electrons. The summed E-state index contributed by atoms with van der Waals surface area (Å²) >= 11 is 0. The van der Waals surface area contributed by atoms with E-state index in [9.17, 15) is 24.3 Å². The topological polar surface area (TPSA) is 134 Å². The average Bonchev–Trinajstić information content (AvgIpc) is 2.74. The first kappa shape index (κ1) is 31.9. The molecule has 208 valence electrons. The summed E-state index contributed by atoms with van der Waals surface area (Å²) < 4.78 is 10.2. The first-order chi connectivity index (χ1) is 17.0. The van der Waals surface area contributed by atoms with Gasteiger partial charge in [0.15, 0.2) is 0 Å². The number of aliphatic hydroxyl groups excluding tert-OH is 1. The second-order valence-corrected chi connectivity index (χ2v) is 10.9. The van der Waals surface area contributed by atoms with E-state index in [0.29, 0.717) is 5.56 Å². The van der Waals surface area contributed by atoms with E-state index in [4.69, 9.17) is 9.47 Å². The van der Waals surface area contributed by atoms with Gasteiger partial charge in [0.1, 0.15) is 17.7 Å². The van der Waals surface area contributed by atoms with Crippen LogP contribution >= 0.6 is 0 Å². The van der Waals surface area contributed by atoms with Gasteiger partial charge in [-0.2, -0.15) is 0 Å². The summed E-state index contributed by atoms with van der Waals surface area (Å²) in [6, 6.07) is 3.07. The maximum absolute atomic E-state index is 13.8. The number of rotatable bonds is 10. The standard InChI is InChI=1S/C27H43N3O7/c1-10-36-21(32)13-14-28-23(33)22(19-12-11-17(2)15-18(19)3)30(26(4,5)6)24(34)20(16-31)29-25(35)37-27(7,8)9/h11-12,15,20,22,31H,10,13-14,16H2,1-9H3,(H,28,33)(H,29,35). The fraction of sp³-hybridized carbons (Fsp3) is 0.630. The largest absolute Gasteiger partial charge is 0.466 e. The lowest BCUT2D eigenvalue weighted by molar-refractivity contribution is -0.149. The van der Waals surface area contributed by atoms with Crippen LogP contribution in [-0.2, 0) is 23.9 Å². The Bertz CT molecular complexity index is 964. The molecule has 3 N–H and O–H groups in total. The monoisotopic (exact) mass is 521 g/mol. The first-order valence-corrected chi connectivity index (χ1v) is 12.5. The van der Waals surface area contributed by atoms with E-state index in [1.807, 2.05) is 26.0 Å². The molecule has 0 aliphatic carbocycles. The van der Waals surface area contributed by atoms with Crippen molar-refractivity contribution in [3.63, 3.8) is 0 Å². The predicted octanol–water partition coefficient (Wildman–Crippen LogP) is 2.93. The maximum Gasteiger partial charge on any atom is 0.408 e. The highest BCUT2D eigenvalue weighted by molar-refractivity contribution is 5.93. The number of hydrogen-bond donors (Lipinski definition) is 3. The van der Waals surface area contributed by atoms with E-state index in [-0.39, 0.29) is 19.6 Å². The highest BCUT2D eigenvalue weighted by atomic mass is 16.6. The molecule has 0 aromatic heterocycles. The van der Waals surface area contributed by atoms with E-state index in [1.165, 1.54) is 4.90 Å². The van der Waals surface area contributed by atoms with Crippen molar-refractivity contribution >= 4 is 23.9 Å². The summed E-state index contributed by atoms with van der Waals surface area (Å²) in [6.07, 6.45) is -0.891. The van der Waals surface area contributed by atoms with Crippen molar-refractivity contribution in [2.75, 3.05) is 19.8 Å². The van der Waals surface area contributed by atoms with Crippen molar-refractivity contribution in [2.24, 2.45) is 0 Å². The highest BCUT2D eigenvalue weighted by Crippen LogP contribution is 2.32. The number of carbonyl (C=O) groups is 4. The number of hydrogen-bond acceptors (Lipinski definition) is 7. The zero-order chi connectivity index (χ0) is 28.6. The van der Waals surface area contributed by atoms with Crippen LogP contribution in [0.1, 0.15) is 77.6 Å². The van der Waals surface area contributed by atoms with Crippen LogP contribution in [0.3, 0.4) is 0 Å². The molecule has 0 saturated carbocycles. The Morgan fingerprint density at radius 2 is 1.68 bits per heavy atom. The molecule has 10 heteroatoms. The van der Waals surface area contributed by atoms with Gasteiger partial charge in [-0.25, -0.2) is 4.79 Å². The number of benzene rings is 1. The Balaban J connectivity index is 3.45. The fourth-order valence-corrected chi connectivity index (χ4v) is 3.80. The Hall–Kier alpha value is -3.14. The second kappa shape index (κ2) is 13.4. The number of aryl methyl sites for hydroxylation is 2. The molecule has 0 heterocycles. The van der Waals surface area contributed by atoms with Crippen LogP contribution in [-0.4, -0.2) is 70.8 Å². The summed E-state index contributed by atoms with van der Waals surface area (Å²) in [6.45, 7) is 15.3. The zero-order valence-corrected chi connectivity index (χ0v) is 23.6. The van der Waals surface area contributed by atoms with Crippen molar-refractivity contribution in [3.05, 3.63) is 34.9 Å². The molecular weight excluding hydrogens is 478 g/mol. The SMILES string of the molecule is CCOC(=O)CCNC(=O)C(c1ccc(C)cc1C)N(C(=O)C(CO)NC(=O)OC(C)(C)C)C(C)(C)C. The smallest absolute Gasteiger partial charge is 0.408 e. The van der Waals surface area contributed by atoms with Gasteiger partial charge in [-0.05, 0) is 73.4 Å². The van der Waals surface area contributed by atoms with Gasteiger partial charge in [0.05, 0.1) is 19.6 Å². The van der Waals surface area contributed by atoms with Gasteiger partial charge >= 0.3 is 12.1 Å².